The zero-order chi connectivity index (χ0) is 27.6. The van der Waals surface area contributed by atoms with Crippen molar-refractivity contribution in [3.05, 3.63) is 94.4 Å². The topological polar surface area (TPSA) is 98.7 Å². The van der Waals surface area contributed by atoms with Gasteiger partial charge in [0.2, 0.25) is 5.91 Å². The van der Waals surface area contributed by atoms with Crippen LogP contribution in [0.3, 0.4) is 0 Å². The first-order valence-electron chi connectivity index (χ1n) is 12.9. The Labute approximate surface area is 226 Å². The Kier molecular flexibility index (Phi) is 7.11. The van der Waals surface area contributed by atoms with Gasteiger partial charge in [0, 0.05) is 47.6 Å². The van der Waals surface area contributed by atoms with Gasteiger partial charge in [0.05, 0.1) is 14.2 Å². The SMILES string of the molecule is COc1ccc(C(=O)NC2(C(=O)NCCc3c(-c4ccccc4)c4cc(OC)ccc4c(=O)n3C)CC2)cc1. The van der Waals surface area contributed by atoms with Crippen molar-refractivity contribution in [1.29, 1.82) is 0 Å². The highest BCUT2D eigenvalue weighted by molar-refractivity contribution is 6.01. The Balaban J connectivity index is 1.37. The van der Waals surface area contributed by atoms with E-state index in [0.717, 1.165) is 22.2 Å². The molecule has 1 saturated carbocycles. The molecule has 5 rings (SSSR count). The van der Waals surface area contributed by atoms with E-state index in [1.54, 1.807) is 62.2 Å². The molecule has 1 aliphatic carbocycles. The van der Waals surface area contributed by atoms with Crippen molar-refractivity contribution in [3.63, 3.8) is 0 Å². The first-order chi connectivity index (χ1) is 18.9. The standard InChI is InChI=1S/C31H31N3O5/c1-34-26(27(20-7-5-4-6-8-20)25-19-23(39-3)13-14-24(25)29(34)36)15-18-32-30(37)31(16-17-31)33-28(35)21-9-11-22(38-2)12-10-21/h4-14,19H,15-18H2,1-3H3,(H,32,37)(H,33,35). The van der Waals surface area contributed by atoms with Gasteiger partial charge in [-0.3, -0.25) is 14.4 Å². The lowest BCUT2D eigenvalue weighted by Crippen LogP contribution is -2.49. The normalized spacial score (nSPS) is 13.5. The summed E-state index contributed by atoms with van der Waals surface area (Å²) < 4.78 is 12.2. The van der Waals surface area contributed by atoms with E-state index >= 15 is 0 Å². The number of carbonyl (C=O) groups is 2. The van der Waals surface area contributed by atoms with Crippen LogP contribution in [0.1, 0.15) is 28.9 Å². The Morgan fingerprint density at radius 3 is 2.21 bits per heavy atom. The minimum absolute atomic E-state index is 0.112. The second-order valence-corrected chi connectivity index (χ2v) is 9.73. The monoisotopic (exact) mass is 525 g/mol. The fourth-order valence-electron chi connectivity index (χ4n) is 4.92. The summed E-state index contributed by atoms with van der Waals surface area (Å²) in [7, 11) is 4.92. The molecule has 0 aliphatic heterocycles. The molecule has 1 aliphatic rings. The molecule has 39 heavy (non-hydrogen) atoms. The maximum absolute atomic E-state index is 13.3. The van der Waals surface area contributed by atoms with Crippen molar-refractivity contribution < 1.29 is 19.1 Å². The van der Waals surface area contributed by atoms with E-state index in [4.69, 9.17) is 9.47 Å². The number of carbonyl (C=O) groups excluding carboxylic acids is 2. The summed E-state index contributed by atoms with van der Waals surface area (Å²) in [4.78, 5) is 39.2. The predicted molar refractivity (Wildman–Crippen MR) is 150 cm³/mol. The van der Waals surface area contributed by atoms with E-state index in [2.05, 4.69) is 10.6 Å². The van der Waals surface area contributed by atoms with Crippen molar-refractivity contribution >= 4 is 22.6 Å². The third kappa shape index (κ3) is 5.10. The van der Waals surface area contributed by atoms with Crippen LogP contribution in [0.25, 0.3) is 21.9 Å². The molecule has 0 saturated heterocycles. The quantitative estimate of drug-likeness (QED) is 0.346. The Morgan fingerprint density at radius 1 is 0.897 bits per heavy atom. The molecule has 3 aromatic carbocycles. The van der Waals surface area contributed by atoms with Crippen molar-refractivity contribution in [3.8, 4) is 22.6 Å². The maximum Gasteiger partial charge on any atom is 0.258 e. The number of hydrogen-bond acceptors (Lipinski definition) is 5. The molecular formula is C31H31N3O5. The molecule has 1 heterocycles. The zero-order valence-corrected chi connectivity index (χ0v) is 22.2. The molecule has 0 spiro atoms. The largest absolute Gasteiger partial charge is 0.497 e. The summed E-state index contributed by atoms with van der Waals surface area (Å²) in [6, 6.07) is 22.1. The van der Waals surface area contributed by atoms with Gasteiger partial charge in [-0.15, -0.1) is 0 Å². The van der Waals surface area contributed by atoms with Crippen LogP contribution in [0.15, 0.2) is 77.6 Å². The Morgan fingerprint density at radius 2 is 1.56 bits per heavy atom. The van der Waals surface area contributed by atoms with Gasteiger partial charge in [0.25, 0.3) is 11.5 Å². The summed E-state index contributed by atoms with van der Waals surface area (Å²) >= 11 is 0. The first-order valence-corrected chi connectivity index (χ1v) is 12.9. The van der Waals surface area contributed by atoms with E-state index in [-0.39, 0.29) is 17.4 Å². The van der Waals surface area contributed by atoms with Crippen LogP contribution in [0.5, 0.6) is 11.5 Å². The fraction of sp³-hybridized carbons (Fsp3) is 0.258. The van der Waals surface area contributed by atoms with Gasteiger partial charge in [-0.2, -0.15) is 0 Å². The fourth-order valence-corrected chi connectivity index (χ4v) is 4.92. The molecule has 8 heteroatoms. The summed E-state index contributed by atoms with van der Waals surface area (Å²) in [6.07, 6.45) is 1.58. The van der Waals surface area contributed by atoms with Crippen LogP contribution in [-0.4, -0.2) is 42.7 Å². The van der Waals surface area contributed by atoms with Crippen molar-refractivity contribution in [2.45, 2.75) is 24.8 Å². The first kappa shape index (κ1) is 26.0. The molecule has 0 radical (unpaired) electrons. The molecule has 8 nitrogen and oxygen atoms in total. The van der Waals surface area contributed by atoms with E-state index in [9.17, 15) is 14.4 Å². The number of methoxy groups -OCH3 is 2. The molecule has 0 bridgehead atoms. The molecular weight excluding hydrogens is 494 g/mol. The van der Waals surface area contributed by atoms with Crippen LogP contribution >= 0.6 is 0 Å². The summed E-state index contributed by atoms with van der Waals surface area (Å²) in [5.41, 5.74) is 2.14. The summed E-state index contributed by atoms with van der Waals surface area (Å²) in [5.74, 6) is 0.790. The second kappa shape index (κ2) is 10.6. The number of rotatable bonds is 9. The lowest BCUT2D eigenvalue weighted by Gasteiger charge is -2.20. The van der Waals surface area contributed by atoms with Gasteiger partial charge in [-0.05, 0) is 60.9 Å². The third-order valence-electron chi connectivity index (χ3n) is 7.32. The van der Waals surface area contributed by atoms with Crippen LogP contribution in [0.2, 0.25) is 0 Å². The van der Waals surface area contributed by atoms with E-state index in [0.29, 0.717) is 48.3 Å². The van der Waals surface area contributed by atoms with Gasteiger partial charge in [-0.25, -0.2) is 0 Å². The van der Waals surface area contributed by atoms with Crippen LogP contribution in [-0.2, 0) is 18.3 Å². The smallest absolute Gasteiger partial charge is 0.258 e. The maximum atomic E-state index is 13.3. The summed E-state index contributed by atoms with van der Waals surface area (Å²) in [6.45, 7) is 0.307. The number of aromatic nitrogens is 1. The zero-order valence-electron chi connectivity index (χ0n) is 22.2. The molecule has 2 N–H and O–H groups in total. The second-order valence-electron chi connectivity index (χ2n) is 9.73. The molecule has 0 unspecified atom stereocenters. The minimum Gasteiger partial charge on any atom is -0.497 e. The summed E-state index contributed by atoms with van der Waals surface area (Å²) in [5, 5.41) is 7.30. The number of amides is 2. The van der Waals surface area contributed by atoms with Crippen LogP contribution in [0, 0.1) is 0 Å². The number of benzene rings is 3. The third-order valence-corrected chi connectivity index (χ3v) is 7.32. The van der Waals surface area contributed by atoms with E-state index in [1.165, 1.54) is 0 Å². The molecule has 2 amide bonds. The molecule has 4 aromatic rings. The molecule has 200 valence electrons. The number of pyridine rings is 1. The molecule has 1 fully saturated rings. The Bertz CT molecular complexity index is 1590. The van der Waals surface area contributed by atoms with Crippen molar-refractivity contribution in [1.82, 2.24) is 15.2 Å². The van der Waals surface area contributed by atoms with Gasteiger partial charge >= 0.3 is 0 Å². The predicted octanol–water partition coefficient (Wildman–Crippen LogP) is 3.84. The molecule has 0 atom stereocenters. The van der Waals surface area contributed by atoms with E-state index < -0.39 is 5.54 Å². The Hall–Kier alpha value is -4.59. The average Bonchev–Trinajstić information content (AvgIpc) is 3.76. The highest BCUT2D eigenvalue weighted by atomic mass is 16.5. The number of nitrogens with zero attached hydrogens (tertiary/aromatic N) is 1. The average molecular weight is 526 g/mol. The number of fused-ring (bicyclic) bond motifs is 1. The van der Waals surface area contributed by atoms with E-state index in [1.807, 2.05) is 36.4 Å². The van der Waals surface area contributed by atoms with Crippen LogP contribution in [0.4, 0.5) is 0 Å². The highest BCUT2D eigenvalue weighted by Crippen LogP contribution is 2.36. The van der Waals surface area contributed by atoms with Gasteiger partial charge in [0.1, 0.15) is 17.0 Å². The van der Waals surface area contributed by atoms with Gasteiger partial charge < -0.3 is 24.7 Å². The van der Waals surface area contributed by atoms with Crippen molar-refractivity contribution in [2.24, 2.45) is 7.05 Å². The van der Waals surface area contributed by atoms with Crippen LogP contribution < -0.4 is 25.7 Å². The van der Waals surface area contributed by atoms with Gasteiger partial charge in [-0.1, -0.05) is 30.3 Å². The number of nitrogens with one attached hydrogen (secondary N) is 2. The number of hydrogen-bond donors (Lipinski definition) is 2. The highest BCUT2D eigenvalue weighted by Gasteiger charge is 2.51. The lowest BCUT2D eigenvalue weighted by atomic mass is 9.95. The van der Waals surface area contributed by atoms with Gasteiger partial charge in [0.15, 0.2) is 0 Å². The lowest BCUT2D eigenvalue weighted by molar-refractivity contribution is -0.123. The van der Waals surface area contributed by atoms with Crippen molar-refractivity contribution in [2.75, 3.05) is 20.8 Å². The minimum atomic E-state index is -0.915. The number of ether oxygens (including phenoxy) is 2. The molecule has 1 aromatic heterocycles.